The minimum absolute atomic E-state index is 0.0139. The summed E-state index contributed by atoms with van der Waals surface area (Å²) in [5, 5.41) is 55.9. The molecule has 1 aliphatic rings. The minimum atomic E-state index is -1.77. The summed E-state index contributed by atoms with van der Waals surface area (Å²) < 4.78 is 0. The maximum absolute atomic E-state index is 15.0. The lowest BCUT2D eigenvalue weighted by atomic mass is 10.00. The van der Waals surface area contributed by atoms with E-state index < -0.39 is 119 Å². The summed E-state index contributed by atoms with van der Waals surface area (Å²) >= 11 is 6.15. The van der Waals surface area contributed by atoms with Crippen molar-refractivity contribution in [1.82, 2.24) is 47.9 Å². The summed E-state index contributed by atoms with van der Waals surface area (Å²) in [6, 6.07) is 11.7. The third kappa shape index (κ3) is 23.8. The largest absolute Gasteiger partial charge is 0.508 e. The van der Waals surface area contributed by atoms with Gasteiger partial charge in [-0.25, -0.2) is 0 Å². The fourth-order valence-electron chi connectivity index (χ4n) is 9.04. The van der Waals surface area contributed by atoms with Crippen LogP contribution in [-0.2, 0) is 73.6 Å². The number of phenolic OH excluding ortho intramolecular Hbond substituents is 2. The topological polar surface area (TPSA) is 409 Å². The molecule has 1 heterocycles. The molecule has 0 saturated carbocycles. The zero-order valence-corrected chi connectivity index (χ0v) is 51.2. The van der Waals surface area contributed by atoms with E-state index in [0.717, 1.165) is 21.6 Å². The molecule has 28 heteroatoms. The maximum atomic E-state index is 15.0. The molecule has 0 radical (unpaired) electrons. The van der Waals surface area contributed by atoms with Gasteiger partial charge in [0.25, 0.3) is 0 Å². The Morgan fingerprint density at radius 3 is 1.67 bits per heavy atom. The number of halogens is 1. The van der Waals surface area contributed by atoms with Crippen LogP contribution in [0, 0.1) is 0 Å². The molecule has 1 aliphatic heterocycles. The van der Waals surface area contributed by atoms with Crippen molar-refractivity contribution in [1.29, 1.82) is 0 Å². The van der Waals surface area contributed by atoms with Crippen LogP contribution in [0.25, 0.3) is 0 Å². The maximum Gasteiger partial charge on any atom is 0.248 e. The van der Waals surface area contributed by atoms with E-state index in [-0.39, 0.29) is 73.5 Å². The number of rotatable bonds is 25. The number of nitrogens with one attached hydrogen (secondary N) is 9. The summed E-state index contributed by atoms with van der Waals surface area (Å²) in [6.07, 6.45) is -1.52. The van der Waals surface area contributed by atoms with Gasteiger partial charge in [-0.3, -0.25) is 52.7 Å². The smallest absolute Gasteiger partial charge is 0.248 e. The summed E-state index contributed by atoms with van der Waals surface area (Å²) in [6.45, 7) is 3.09. The zero-order valence-electron chi connectivity index (χ0n) is 48.8. The number of primary amides is 2. The number of benzene rings is 4. The van der Waals surface area contributed by atoms with Gasteiger partial charge in [-0.15, -0.1) is 0 Å². The number of Topliss-reactive ketones (excluding diaryl/α,β-unsaturated/α-hetero) is 1. The molecule has 0 aromatic heterocycles. The second-order valence-corrected chi connectivity index (χ2v) is 24.1. The molecular weight excluding hydrogens is 1200 g/mol. The van der Waals surface area contributed by atoms with Gasteiger partial charge in [-0.2, -0.15) is 0 Å². The lowest BCUT2D eigenvalue weighted by Gasteiger charge is -2.29. The van der Waals surface area contributed by atoms with Gasteiger partial charge in [0.15, 0.2) is 5.78 Å². The first-order valence-electron chi connectivity index (χ1n) is 28.4. The monoisotopic (exact) mass is 1270 g/mol. The Hall–Kier alpha value is -8.24. The van der Waals surface area contributed by atoms with Crippen molar-refractivity contribution in [3.05, 3.63) is 130 Å². The first kappa shape index (κ1) is 70.5. The van der Waals surface area contributed by atoms with E-state index in [1.165, 1.54) is 74.5 Å². The molecule has 1 fully saturated rings. The van der Waals surface area contributed by atoms with Crippen LogP contribution in [-0.4, -0.2) is 160 Å². The first-order valence-corrected chi connectivity index (χ1v) is 31.2. The predicted octanol–water partition coefficient (Wildman–Crippen LogP) is 0.409. The lowest BCUT2D eigenvalue weighted by Crippen LogP contribution is -2.62. The van der Waals surface area contributed by atoms with E-state index in [9.17, 15) is 63.3 Å². The first-order chi connectivity index (χ1) is 41.9. The molecule has 25 nitrogen and oxygen atoms in total. The Morgan fingerprint density at radius 2 is 1.12 bits per heavy atom. The molecular formula is C60H76ClN11O14S2. The number of unbranched alkanes of at least 4 members (excludes halogenated alkanes) is 2. The summed E-state index contributed by atoms with van der Waals surface area (Å²) in [5.41, 5.74) is 12.8. The number of ketones is 1. The van der Waals surface area contributed by atoms with Crippen molar-refractivity contribution < 1.29 is 68.1 Å². The van der Waals surface area contributed by atoms with Crippen molar-refractivity contribution in [3.8, 4) is 11.5 Å². The highest BCUT2D eigenvalue weighted by Crippen LogP contribution is 2.25. The number of carbonyl (C=O) groups is 11. The van der Waals surface area contributed by atoms with Gasteiger partial charge in [-0.05, 0) is 117 Å². The van der Waals surface area contributed by atoms with Crippen molar-refractivity contribution in [2.24, 2.45) is 11.5 Å². The minimum Gasteiger partial charge on any atom is -0.508 e. The number of phenols is 2. The average Bonchev–Trinajstić information content (AvgIpc) is 3.29. The number of hydrogen-bond donors (Lipinski definition) is 14. The van der Waals surface area contributed by atoms with Gasteiger partial charge < -0.3 is 74.6 Å². The van der Waals surface area contributed by atoms with Crippen LogP contribution in [0.1, 0.15) is 85.0 Å². The quantitative estimate of drug-likeness (QED) is 0.0316. The SMILES string of the molecule is CNCCCCC[C@@H]1NC(=O)[C@@H](Cc2ccc(C(N)=O)cc2)NC(=O)[C@H](Cc2ccc(O)cc2)NC(=O)[C@H](NC(=O)[C@H](Cc2ccc(Cl)cc2)NC(=O)CCC(N)=O)CSSC[C@@H](C(=O)N[C@H](Cc2ccc(O)cc2)C(C)=O)NC(=O)[C@H]([C@@H](C)O)NC1=O. The second-order valence-electron chi connectivity index (χ2n) is 21.1. The van der Waals surface area contributed by atoms with Crippen molar-refractivity contribution in [2.45, 2.75) is 132 Å². The van der Waals surface area contributed by atoms with Gasteiger partial charge >= 0.3 is 0 Å². The van der Waals surface area contributed by atoms with E-state index in [2.05, 4.69) is 47.9 Å². The number of amides is 10. The summed E-state index contributed by atoms with van der Waals surface area (Å²) in [4.78, 5) is 153. The van der Waals surface area contributed by atoms with E-state index in [1.807, 2.05) is 0 Å². The van der Waals surface area contributed by atoms with Gasteiger partial charge in [0.2, 0.25) is 59.1 Å². The molecule has 9 atom stereocenters. The van der Waals surface area contributed by atoms with Crippen LogP contribution >= 0.6 is 33.2 Å². The van der Waals surface area contributed by atoms with Gasteiger partial charge in [0.05, 0.1) is 12.1 Å². The molecule has 16 N–H and O–H groups in total. The Bertz CT molecular complexity index is 3070. The van der Waals surface area contributed by atoms with Crippen molar-refractivity contribution in [3.63, 3.8) is 0 Å². The Labute approximate surface area is 521 Å². The third-order valence-corrected chi connectivity index (χ3v) is 16.7. The molecule has 88 heavy (non-hydrogen) atoms. The van der Waals surface area contributed by atoms with E-state index >= 15 is 4.79 Å². The lowest BCUT2D eigenvalue weighted by molar-refractivity contribution is -0.136. The second kappa shape index (κ2) is 35.5. The molecule has 474 valence electrons. The van der Waals surface area contributed by atoms with Gasteiger partial charge in [-0.1, -0.05) is 94.6 Å². The van der Waals surface area contributed by atoms with Crippen LogP contribution in [0.3, 0.4) is 0 Å². The van der Waals surface area contributed by atoms with E-state index in [4.69, 9.17) is 23.1 Å². The van der Waals surface area contributed by atoms with E-state index in [0.29, 0.717) is 53.1 Å². The molecule has 4 aromatic carbocycles. The molecule has 0 aliphatic carbocycles. The predicted molar refractivity (Wildman–Crippen MR) is 331 cm³/mol. The molecule has 0 spiro atoms. The fourth-order valence-corrected chi connectivity index (χ4v) is 11.5. The summed E-state index contributed by atoms with van der Waals surface area (Å²) in [5.74, 6) is -10.2. The normalized spacial score (nSPS) is 20.0. The summed E-state index contributed by atoms with van der Waals surface area (Å²) in [7, 11) is 3.61. The number of aromatic hydroxyl groups is 2. The van der Waals surface area contributed by atoms with E-state index in [1.54, 1.807) is 43.4 Å². The van der Waals surface area contributed by atoms with Gasteiger partial charge in [0.1, 0.15) is 53.8 Å². The Balaban J connectivity index is 1.63. The average molecular weight is 1270 g/mol. The molecule has 1 saturated heterocycles. The highest BCUT2D eigenvalue weighted by Gasteiger charge is 2.37. The Kier molecular flexibility index (Phi) is 28.5. The number of aliphatic hydroxyl groups is 1. The van der Waals surface area contributed by atoms with Crippen molar-refractivity contribution >= 4 is 98.0 Å². The molecule has 0 unspecified atom stereocenters. The van der Waals surface area contributed by atoms with Crippen LogP contribution in [0.5, 0.6) is 11.5 Å². The fraction of sp³-hybridized carbons (Fsp3) is 0.417. The van der Waals surface area contributed by atoms with Crippen LogP contribution in [0.2, 0.25) is 5.02 Å². The molecule has 5 rings (SSSR count). The number of nitrogens with two attached hydrogens (primary N) is 2. The van der Waals surface area contributed by atoms with Crippen molar-refractivity contribution in [2.75, 3.05) is 25.1 Å². The molecule has 0 bridgehead atoms. The number of aliphatic hydroxyl groups excluding tert-OH is 1. The van der Waals surface area contributed by atoms with Gasteiger partial charge in [0, 0.05) is 54.2 Å². The standard InChI is InChI=1S/C60H76ClN11O14S2/c1-33(73)44(27-37-12-20-41(75)21-13-37)67-58(84)49-32-88-87-31-48(70-55(81)45(65-51(78)25-24-50(62)77)28-36-10-18-40(61)19-11-36)59(85)69-47(30-38-14-22-42(76)23-15-38)57(83)68-46(29-35-8-16-39(17-9-35)53(63)79)56(82)66-43(7-5-4-6-26-64-3)54(80)72-52(34(2)74)60(86)71-49/h8-23,34,43-49,52,64,74-76H,4-7,24-32H2,1-3H3,(H2,62,77)(H2,63,79)(H,65,78)(H,66,82)(H,67,84)(H,68,83)(H,69,85)(H,70,81)(H,71,86)(H,72,80)/t34-,43+,44-,45+,46-,47+,48-,49+,52+/m1/s1. The third-order valence-electron chi connectivity index (χ3n) is 14.0. The molecule has 10 amide bonds. The zero-order chi connectivity index (χ0) is 64.5. The van der Waals surface area contributed by atoms with Crippen LogP contribution < -0.4 is 59.3 Å². The number of hydrogen-bond acceptors (Lipinski definition) is 17. The highest BCUT2D eigenvalue weighted by atomic mass is 35.5. The van der Waals surface area contributed by atoms with Crippen LogP contribution in [0.4, 0.5) is 0 Å². The molecule has 4 aromatic rings. The number of carbonyl (C=O) groups excluding carboxylic acids is 11. The highest BCUT2D eigenvalue weighted by molar-refractivity contribution is 8.76. The Morgan fingerprint density at radius 1 is 0.614 bits per heavy atom. The van der Waals surface area contributed by atoms with Crippen LogP contribution in [0.15, 0.2) is 97.1 Å².